The first kappa shape index (κ1) is 24.5. The predicted molar refractivity (Wildman–Crippen MR) is 134 cm³/mol. The van der Waals surface area contributed by atoms with Crippen LogP contribution in [0.2, 0.25) is 0 Å². The van der Waals surface area contributed by atoms with Crippen LogP contribution in [0.5, 0.6) is 11.5 Å². The minimum Gasteiger partial charge on any atom is -0.493 e. The summed E-state index contributed by atoms with van der Waals surface area (Å²) in [6, 6.07) is 13.2. The van der Waals surface area contributed by atoms with Gasteiger partial charge in [-0.15, -0.1) is 11.3 Å². The van der Waals surface area contributed by atoms with Crippen molar-refractivity contribution in [1.29, 1.82) is 0 Å². The van der Waals surface area contributed by atoms with Gasteiger partial charge in [-0.2, -0.15) is 5.10 Å². The van der Waals surface area contributed by atoms with Crippen molar-refractivity contribution in [3.8, 4) is 11.5 Å². The highest BCUT2D eigenvalue weighted by Crippen LogP contribution is 2.29. The molecule has 1 heterocycles. The molecule has 1 aromatic heterocycles. The molecule has 0 radical (unpaired) electrons. The number of thiophene rings is 1. The lowest BCUT2D eigenvalue weighted by molar-refractivity contribution is -0.121. The molecule has 1 N–H and O–H groups in total. The van der Waals surface area contributed by atoms with Gasteiger partial charge in [0.15, 0.2) is 17.3 Å². The molecule has 7 heteroatoms. The van der Waals surface area contributed by atoms with Gasteiger partial charge in [0.1, 0.15) is 0 Å². The minimum absolute atomic E-state index is 0.0588. The Labute approximate surface area is 198 Å². The SMILES string of the molecule is CCCCC/C(=N/NC(=O)CCC(=O)c1ccc(OC)c(OC)c1)c1csc2ccccc12. The number of Topliss-reactive ketones (excluding diaryl/α,β-unsaturated/α-hetero) is 1. The van der Waals surface area contributed by atoms with Gasteiger partial charge in [-0.1, -0.05) is 38.0 Å². The van der Waals surface area contributed by atoms with Crippen molar-refractivity contribution in [3.63, 3.8) is 0 Å². The van der Waals surface area contributed by atoms with Crippen LogP contribution >= 0.6 is 11.3 Å². The van der Waals surface area contributed by atoms with Crippen LogP contribution in [0.1, 0.15) is 61.4 Å². The number of hydrogen-bond acceptors (Lipinski definition) is 6. The van der Waals surface area contributed by atoms with E-state index in [1.807, 2.05) is 12.1 Å². The largest absolute Gasteiger partial charge is 0.493 e. The summed E-state index contributed by atoms with van der Waals surface area (Å²) in [6.45, 7) is 2.16. The number of benzene rings is 2. The molecule has 0 aliphatic carbocycles. The number of ether oxygens (including phenoxy) is 2. The molecule has 0 saturated carbocycles. The first-order chi connectivity index (χ1) is 16.1. The summed E-state index contributed by atoms with van der Waals surface area (Å²) in [4.78, 5) is 25.0. The maximum atomic E-state index is 12.6. The Balaban J connectivity index is 1.65. The second kappa shape index (κ2) is 12.2. The Bertz CT molecular complexity index is 1140. The van der Waals surface area contributed by atoms with Crippen LogP contribution in [0, 0.1) is 0 Å². The van der Waals surface area contributed by atoms with Crippen LogP contribution in [-0.2, 0) is 4.79 Å². The third kappa shape index (κ3) is 6.42. The second-order valence-electron chi connectivity index (χ2n) is 7.69. The highest BCUT2D eigenvalue weighted by Gasteiger charge is 2.14. The monoisotopic (exact) mass is 466 g/mol. The van der Waals surface area contributed by atoms with Crippen molar-refractivity contribution in [2.45, 2.75) is 45.4 Å². The first-order valence-electron chi connectivity index (χ1n) is 11.1. The van der Waals surface area contributed by atoms with E-state index < -0.39 is 0 Å². The van der Waals surface area contributed by atoms with Crippen LogP contribution in [0.3, 0.4) is 0 Å². The molecule has 0 fully saturated rings. The third-order valence-corrected chi connectivity index (χ3v) is 6.37. The Kier molecular flexibility index (Phi) is 9.01. The average Bonchev–Trinajstić information content (AvgIpc) is 3.28. The zero-order valence-corrected chi connectivity index (χ0v) is 20.2. The molecule has 0 aliphatic rings. The number of hydrogen-bond donors (Lipinski definition) is 1. The molecule has 174 valence electrons. The molecule has 0 aliphatic heterocycles. The van der Waals surface area contributed by atoms with E-state index in [1.54, 1.807) is 36.6 Å². The lowest BCUT2D eigenvalue weighted by Gasteiger charge is -2.09. The van der Waals surface area contributed by atoms with Crippen molar-refractivity contribution in [2.75, 3.05) is 14.2 Å². The quantitative estimate of drug-likeness (QED) is 0.154. The van der Waals surface area contributed by atoms with Gasteiger partial charge in [0.2, 0.25) is 5.91 Å². The number of carbonyl (C=O) groups excluding carboxylic acids is 2. The molecule has 1 amide bonds. The summed E-state index contributed by atoms with van der Waals surface area (Å²) in [5, 5.41) is 7.71. The fraction of sp³-hybridized carbons (Fsp3) is 0.346. The summed E-state index contributed by atoms with van der Waals surface area (Å²) in [5.74, 6) is 0.619. The summed E-state index contributed by atoms with van der Waals surface area (Å²) in [5.41, 5.74) is 5.09. The molecule has 2 aromatic carbocycles. The number of unbranched alkanes of at least 4 members (excludes halogenated alkanes) is 2. The highest BCUT2D eigenvalue weighted by atomic mass is 32.1. The van der Waals surface area contributed by atoms with Crippen molar-refractivity contribution >= 4 is 38.8 Å². The van der Waals surface area contributed by atoms with E-state index in [0.29, 0.717) is 17.1 Å². The van der Waals surface area contributed by atoms with E-state index >= 15 is 0 Å². The van der Waals surface area contributed by atoms with Gasteiger partial charge in [0.05, 0.1) is 19.9 Å². The molecule has 0 spiro atoms. The number of nitrogens with one attached hydrogen (secondary N) is 1. The summed E-state index contributed by atoms with van der Waals surface area (Å²) in [6.07, 6.45) is 4.16. The fourth-order valence-corrected chi connectivity index (χ4v) is 4.53. The fourth-order valence-electron chi connectivity index (χ4n) is 3.56. The van der Waals surface area contributed by atoms with Crippen molar-refractivity contribution in [1.82, 2.24) is 5.43 Å². The maximum Gasteiger partial charge on any atom is 0.240 e. The Morgan fingerprint density at radius 1 is 0.970 bits per heavy atom. The third-order valence-electron chi connectivity index (χ3n) is 5.41. The van der Waals surface area contributed by atoms with Crippen LogP contribution in [0.4, 0.5) is 0 Å². The zero-order valence-electron chi connectivity index (χ0n) is 19.3. The zero-order chi connectivity index (χ0) is 23.6. The van der Waals surface area contributed by atoms with E-state index in [2.05, 4.69) is 35.0 Å². The molecular formula is C26H30N2O4S. The summed E-state index contributed by atoms with van der Waals surface area (Å²) >= 11 is 1.68. The average molecular weight is 467 g/mol. The molecule has 3 aromatic rings. The van der Waals surface area contributed by atoms with E-state index in [1.165, 1.54) is 11.8 Å². The first-order valence-corrected chi connectivity index (χ1v) is 12.0. The van der Waals surface area contributed by atoms with Gasteiger partial charge in [-0.25, -0.2) is 5.43 Å². The topological polar surface area (TPSA) is 77.0 Å². The summed E-state index contributed by atoms with van der Waals surface area (Å²) < 4.78 is 11.6. The van der Waals surface area contributed by atoms with Gasteiger partial charge in [0.25, 0.3) is 0 Å². The molecular weight excluding hydrogens is 436 g/mol. The van der Waals surface area contributed by atoms with Gasteiger partial charge in [-0.05, 0) is 37.1 Å². The lowest BCUT2D eigenvalue weighted by atomic mass is 10.0. The molecule has 3 rings (SSSR count). The number of ketones is 1. The van der Waals surface area contributed by atoms with E-state index in [4.69, 9.17) is 9.47 Å². The van der Waals surface area contributed by atoms with Crippen LogP contribution in [0.25, 0.3) is 10.1 Å². The second-order valence-corrected chi connectivity index (χ2v) is 8.60. The Hall–Kier alpha value is -3.19. The van der Waals surface area contributed by atoms with Crippen molar-refractivity contribution in [3.05, 3.63) is 59.0 Å². The minimum atomic E-state index is -0.281. The van der Waals surface area contributed by atoms with E-state index in [9.17, 15) is 9.59 Å². The van der Waals surface area contributed by atoms with Gasteiger partial charge < -0.3 is 9.47 Å². The van der Waals surface area contributed by atoms with Crippen molar-refractivity contribution in [2.24, 2.45) is 5.10 Å². The number of nitrogens with zero attached hydrogens (tertiary/aromatic N) is 1. The number of fused-ring (bicyclic) bond motifs is 1. The molecule has 0 bridgehead atoms. The molecule has 0 saturated heterocycles. The lowest BCUT2D eigenvalue weighted by Crippen LogP contribution is -2.21. The van der Waals surface area contributed by atoms with Crippen LogP contribution in [0.15, 0.2) is 52.9 Å². The smallest absolute Gasteiger partial charge is 0.240 e. The molecule has 6 nitrogen and oxygen atoms in total. The van der Waals surface area contributed by atoms with Crippen LogP contribution < -0.4 is 14.9 Å². The molecule has 33 heavy (non-hydrogen) atoms. The predicted octanol–water partition coefficient (Wildman–Crippen LogP) is 5.98. The number of amides is 1. The van der Waals surface area contributed by atoms with Gasteiger partial charge in [0, 0.05) is 39.4 Å². The highest BCUT2D eigenvalue weighted by molar-refractivity contribution is 7.17. The standard InChI is InChI=1S/C26H30N2O4S/c1-4-5-6-10-21(20-17-33-25-11-8-7-9-19(20)25)27-28-26(30)15-13-22(29)18-12-14-23(31-2)24(16-18)32-3/h7-9,11-12,14,16-17H,4-6,10,13,15H2,1-3H3,(H,28,30)/b27-21-. The number of hydrazone groups is 1. The van der Waals surface area contributed by atoms with E-state index in [0.717, 1.165) is 42.3 Å². The Morgan fingerprint density at radius 3 is 2.52 bits per heavy atom. The normalized spacial score (nSPS) is 11.4. The molecule has 0 atom stereocenters. The van der Waals surface area contributed by atoms with Crippen LogP contribution in [-0.4, -0.2) is 31.6 Å². The van der Waals surface area contributed by atoms with Crippen molar-refractivity contribution < 1.29 is 19.1 Å². The van der Waals surface area contributed by atoms with Gasteiger partial charge in [-0.3, -0.25) is 9.59 Å². The number of carbonyl (C=O) groups is 2. The van der Waals surface area contributed by atoms with E-state index in [-0.39, 0.29) is 24.5 Å². The van der Waals surface area contributed by atoms with Gasteiger partial charge >= 0.3 is 0 Å². The maximum absolute atomic E-state index is 12.6. The molecule has 0 unspecified atom stereocenters. The number of rotatable bonds is 12. The number of methoxy groups -OCH3 is 2. The summed E-state index contributed by atoms with van der Waals surface area (Å²) in [7, 11) is 3.06. The Morgan fingerprint density at radius 2 is 1.76 bits per heavy atom.